The average Bonchev–Trinajstić information content (AvgIpc) is 2.92. The van der Waals surface area contributed by atoms with Gasteiger partial charge in [-0.2, -0.15) is 0 Å². The molecule has 21 heavy (non-hydrogen) atoms. The van der Waals surface area contributed by atoms with E-state index in [9.17, 15) is 4.79 Å². The number of likely N-dealkylation sites (tertiary alicyclic amines) is 1. The molecule has 0 bridgehead atoms. The van der Waals surface area contributed by atoms with Crippen molar-refractivity contribution >= 4 is 5.91 Å². The van der Waals surface area contributed by atoms with Gasteiger partial charge in [-0.3, -0.25) is 4.79 Å². The van der Waals surface area contributed by atoms with Gasteiger partial charge in [-0.05, 0) is 47.0 Å². The lowest BCUT2D eigenvalue weighted by Crippen LogP contribution is -2.40. The van der Waals surface area contributed by atoms with Gasteiger partial charge in [0.15, 0.2) is 0 Å². The van der Waals surface area contributed by atoms with E-state index in [4.69, 9.17) is 0 Å². The standard InChI is InChI=1S/C16H28N4O/c1-13(15(21)19-8-6-5-7-9-19)20-12-17-10-14(20)11-18-16(2,3)4/h10,12-13,18H,5-9,11H2,1-4H3. The fourth-order valence-corrected chi connectivity index (χ4v) is 2.67. The van der Waals surface area contributed by atoms with Crippen LogP contribution in [0.1, 0.15) is 58.7 Å². The van der Waals surface area contributed by atoms with Gasteiger partial charge in [-0.1, -0.05) is 0 Å². The van der Waals surface area contributed by atoms with Crippen molar-refractivity contribution in [2.45, 2.75) is 65.1 Å². The zero-order valence-electron chi connectivity index (χ0n) is 13.7. The summed E-state index contributed by atoms with van der Waals surface area (Å²) in [7, 11) is 0. The minimum Gasteiger partial charge on any atom is -0.341 e. The van der Waals surface area contributed by atoms with Gasteiger partial charge in [0, 0.05) is 31.4 Å². The molecular weight excluding hydrogens is 264 g/mol. The summed E-state index contributed by atoms with van der Waals surface area (Å²) in [6, 6.07) is -0.178. The summed E-state index contributed by atoms with van der Waals surface area (Å²) in [5.41, 5.74) is 1.11. The highest BCUT2D eigenvalue weighted by Crippen LogP contribution is 2.17. The van der Waals surface area contributed by atoms with Crippen molar-refractivity contribution in [2.75, 3.05) is 13.1 Å². The van der Waals surface area contributed by atoms with Crippen molar-refractivity contribution in [1.29, 1.82) is 0 Å². The normalized spacial score (nSPS) is 17.8. The average molecular weight is 292 g/mol. The van der Waals surface area contributed by atoms with Crippen LogP contribution in [0.2, 0.25) is 0 Å². The second-order valence-electron chi connectivity index (χ2n) is 6.96. The van der Waals surface area contributed by atoms with E-state index in [1.165, 1.54) is 6.42 Å². The van der Waals surface area contributed by atoms with Crippen molar-refractivity contribution in [3.8, 4) is 0 Å². The molecule has 1 aliphatic heterocycles. The van der Waals surface area contributed by atoms with Crippen molar-refractivity contribution in [1.82, 2.24) is 19.8 Å². The first kappa shape index (κ1) is 16.0. The summed E-state index contributed by atoms with van der Waals surface area (Å²) in [6.45, 7) is 10.9. The zero-order chi connectivity index (χ0) is 15.5. The van der Waals surface area contributed by atoms with Crippen LogP contribution in [-0.4, -0.2) is 39.0 Å². The summed E-state index contributed by atoms with van der Waals surface area (Å²) in [5, 5.41) is 3.45. The third-order valence-corrected chi connectivity index (χ3v) is 3.99. The van der Waals surface area contributed by atoms with Crippen LogP contribution >= 0.6 is 0 Å². The number of carbonyl (C=O) groups is 1. The fraction of sp³-hybridized carbons (Fsp3) is 0.750. The van der Waals surface area contributed by atoms with Gasteiger partial charge < -0.3 is 14.8 Å². The minimum absolute atomic E-state index is 0.0508. The van der Waals surface area contributed by atoms with Gasteiger partial charge in [-0.25, -0.2) is 4.98 Å². The van der Waals surface area contributed by atoms with Crippen LogP contribution in [0.25, 0.3) is 0 Å². The predicted octanol–water partition coefficient (Wildman–Crippen LogP) is 2.34. The Morgan fingerprint density at radius 2 is 2.00 bits per heavy atom. The Morgan fingerprint density at radius 3 is 2.62 bits per heavy atom. The highest BCUT2D eigenvalue weighted by molar-refractivity contribution is 5.80. The summed E-state index contributed by atoms with van der Waals surface area (Å²) < 4.78 is 2.00. The van der Waals surface area contributed by atoms with Crippen molar-refractivity contribution in [3.05, 3.63) is 18.2 Å². The second kappa shape index (κ2) is 6.60. The maximum Gasteiger partial charge on any atom is 0.245 e. The summed E-state index contributed by atoms with van der Waals surface area (Å²) in [6.07, 6.45) is 7.11. The van der Waals surface area contributed by atoms with Crippen molar-refractivity contribution in [3.63, 3.8) is 0 Å². The molecule has 5 nitrogen and oxygen atoms in total. The molecule has 1 aromatic rings. The van der Waals surface area contributed by atoms with Gasteiger partial charge in [0.25, 0.3) is 0 Å². The molecule has 1 aromatic heterocycles. The Labute approximate surface area is 127 Å². The number of rotatable bonds is 4. The maximum atomic E-state index is 12.6. The smallest absolute Gasteiger partial charge is 0.245 e. The molecule has 1 amide bonds. The maximum absolute atomic E-state index is 12.6. The molecule has 5 heteroatoms. The molecule has 2 rings (SSSR count). The number of imidazole rings is 1. The van der Waals surface area contributed by atoms with Gasteiger partial charge in [0.05, 0.1) is 12.0 Å². The zero-order valence-corrected chi connectivity index (χ0v) is 13.7. The van der Waals surface area contributed by atoms with Crippen molar-refractivity contribution < 1.29 is 4.79 Å². The SMILES string of the molecule is CC(C(=O)N1CCCCC1)n1cncc1CNC(C)(C)C. The summed E-state index contributed by atoms with van der Waals surface area (Å²) in [5.74, 6) is 0.213. The van der Waals surface area contributed by atoms with Gasteiger partial charge >= 0.3 is 0 Å². The van der Waals surface area contributed by atoms with Crippen LogP contribution < -0.4 is 5.32 Å². The molecule has 2 heterocycles. The topological polar surface area (TPSA) is 50.2 Å². The lowest BCUT2D eigenvalue weighted by atomic mass is 10.1. The highest BCUT2D eigenvalue weighted by Gasteiger charge is 2.24. The van der Waals surface area contributed by atoms with E-state index in [0.29, 0.717) is 0 Å². The van der Waals surface area contributed by atoms with E-state index in [2.05, 4.69) is 31.1 Å². The molecule has 1 N–H and O–H groups in total. The van der Waals surface area contributed by atoms with Gasteiger partial charge in [0.2, 0.25) is 5.91 Å². The van der Waals surface area contributed by atoms with E-state index in [-0.39, 0.29) is 17.5 Å². The number of nitrogens with one attached hydrogen (secondary N) is 1. The number of piperidine rings is 1. The molecule has 1 fully saturated rings. The first-order chi connectivity index (χ1) is 9.88. The molecule has 0 spiro atoms. The lowest BCUT2D eigenvalue weighted by molar-refractivity contribution is -0.135. The largest absolute Gasteiger partial charge is 0.341 e. The van der Waals surface area contributed by atoms with E-state index in [0.717, 1.165) is 38.2 Å². The molecule has 1 atom stereocenters. The molecule has 1 unspecified atom stereocenters. The Balaban J connectivity index is 2.03. The number of carbonyl (C=O) groups excluding carboxylic acids is 1. The number of amides is 1. The van der Waals surface area contributed by atoms with Crippen LogP contribution in [0.5, 0.6) is 0 Å². The van der Waals surface area contributed by atoms with Gasteiger partial charge in [-0.15, -0.1) is 0 Å². The molecule has 0 aromatic carbocycles. The van der Waals surface area contributed by atoms with Crippen LogP contribution in [0.3, 0.4) is 0 Å². The monoisotopic (exact) mass is 292 g/mol. The Bertz CT molecular complexity index is 469. The van der Waals surface area contributed by atoms with E-state index >= 15 is 0 Å². The third kappa shape index (κ3) is 4.30. The predicted molar refractivity (Wildman–Crippen MR) is 84.0 cm³/mol. The minimum atomic E-state index is -0.178. The molecular formula is C16H28N4O. The van der Waals surface area contributed by atoms with Crippen LogP contribution in [0, 0.1) is 0 Å². The Hall–Kier alpha value is -1.36. The number of hydrogen-bond donors (Lipinski definition) is 1. The first-order valence-electron chi connectivity index (χ1n) is 7.93. The molecule has 1 saturated heterocycles. The molecule has 0 aliphatic carbocycles. The fourth-order valence-electron chi connectivity index (χ4n) is 2.67. The molecule has 118 valence electrons. The van der Waals surface area contributed by atoms with Crippen LogP contribution in [-0.2, 0) is 11.3 Å². The van der Waals surface area contributed by atoms with E-state index < -0.39 is 0 Å². The lowest BCUT2D eigenvalue weighted by Gasteiger charge is -2.30. The molecule has 1 aliphatic rings. The van der Waals surface area contributed by atoms with Crippen LogP contribution in [0.4, 0.5) is 0 Å². The Morgan fingerprint density at radius 1 is 1.33 bits per heavy atom. The molecule has 0 saturated carbocycles. The van der Waals surface area contributed by atoms with E-state index in [1.54, 1.807) is 6.33 Å². The number of hydrogen-bond acceptors (Lipinski definition) is 3. The number of aromatic nitrogens is 2. The summed E-state index contributed by atoms with van der Waals surface area (Å²) in [4.78, 5) is 18.8. The van der Waals surface area contributed by atoms with Gasteiger partial charge in [0.1, 0.15) is 6.04 Å². The third-order valence-electron chi connectivity index (χ3n) is 3.99. The summed E-state index contributed by atoms with van der Waals surface area (Å²) >= 11 is 0. The second-order valence-corrected chi connectivity index (χ2v) is 6.96. The highest BCUT2D eigenvalue weighted by atomic mass is 16.2. The quantitative estimate of drug-likeness (QED) is 0.926. The Kier molecular flexibility index (Phi) is 5.04. The number of nitrogens with zero attached hydrogens (tertiary/aromatic N) is 3. The van der Waals surface area contributed by atoms with Crippen LogP contribution in [0.15, 0.2) is 12.5 Å². The van der Waals surface area contributed by atoms with Crippen molar-refractivity contribution in [2.24, 2.45) is 0 Å². The first-order valence-corrected chi connectivity index (χ1v) is 7.93. The molecule has 0 radical (unpaired) electrons. The van der Waals surface area contributed by atoms with E-state index in [1.807, 2.05) is 22.6 Å².